The second kappa shape index (κ2) is 9.48. The molecule has 180 valence electrons. The van der Waals surface area contributed by atoms with Crippen LogP contribution in [0.1, 0.15) is 33.9 Å². The highest BCUT2D eigenvalue weighted by molar-refractivity contribution is 7.89. The van der Waals surface area contributed by atoms with Crippen LogP contribution in [-0.4, -0.2) is 14.4 Å². The number of carbonyl (C=O) groups excluding carboxylic acids is 1. The molecule has 8 heteroatoms. The maximum Gasteiger partial charge on any atom is 0.339 e. The number of rotatable bonds is 6. The summed E-state index contributed by atoms with van der Waals surface area (Å²) in [5, 5.41) is 0.735. The lowest BCUT2D eigenvalue weighted by atomic mass is 10.0. The molecule has 0 aliphatic carbocycles. The van der Waals surface area contributed by atoms with Crippen LogP contribution < -0.4 is 15.1 Å². The normalized spacial score (nSPS) is 12.5. The van der Waals surface area contributed by atoms with Crippen LogP contribution in [0.25, 0.3) is 11.0 Å². The molecule has 1 unspecified atom stereocenters. The van der Waals surface area contributed by atoms with Crippen molar-refractivity contribution in [1.29, 1.82) is 0 Å². The van der Waals surface area contributed by atoms with Gasteiger partial charge in [-0.1, -0.05) is 48.0 Å². The van der Waals surface area contributed by atoms with Gasteiger partial charge < -0.3 is 9.15 Å². The molecule has 1 N–H and O–H groups in total. The summed E-state index contributed by atoms with van der Waals surface area (Å²) in [5.41, 5.74) is 2.94. The molecule has 4 rings (SSSR count). The number of hydrogen-bond donors (Lipinski definition) is 1. The number of sulfonamides is 1. The third-order valence-corrected chi connectivity index (χ3v) is 7.45. The van der Waals surface area contributed by atoms with Gasteiger partial charge in [0.2, 0.25) is 10.0 Å². The van der Waals surface area contributed by atoms with Crippen molar-refractivity contribution in [2.45, 2.75) is 38.6 Å². The Labute approximate surface area is 203 Å². The summed E-state index contributed by atoms with van der Waals surface area (Å²) in [6.45, 7) is 7.04. The molecule has 0 radical (unpaired) electrons. The largest absolute Gasteiger partial charge is 0.425 e. The van der Waals surface area contributed by atoms with Gasteiger partial charge in [-0.3, -0.25) is 0 Å². The lowest BCUT2D eigenvalue weighted by Crippen LogP contribution is -2.36. The van der Waals surface area contributed by atoms with Crippen LogP contribution in [0.3, 0.4) is 0 Å². The third kappa shape index (κ3) is 4.89. The van der Waals surface area contributed by atoms with Crippen molar-refractivity contribution in [2.24, 2.45) is 0 Å². The Morgan fingerprint density at radius 2 is 1.51 bits per heavy atom. The SMILES string of the molecule is Cc1ccc(S(=O)(=O)NC(C(=O)Oc2ccc3c(C)c(C)c(=O)oc3c2C)c2ccccc2)cc1. The quantitative estimate of drug-likeness (QED) is 0.239. The van der Waals surface area contributed by atoms with Gasteiger partial charge in [0.15, 0.2) is 0 Å². The molecule has 0 amide bonds. The Morgan fingerprint density at radius 3 is 2.17 bits per heavy atom. The first-order valence-electron chi connectivity index (χ1n) is 11.0. The number of nitrogens with one attached hydrogen (secondary N) is 1. The van der Waals surface area contributed by atoms with E-state index in [-0.39, 0.29) is 10.6 Å². The molecule has 1 aromatic heterocycles. The zero-order chi connectivity index (χ0) is 25.3. The lowest BCUT2D eigenvalue weighted by Gasteiger charge is -2.19. The van der Waals surface area contributed by atoms with E-state index in [1.807, 2.05) is 13.8 Å². The summed E-state index contributed by atoms with van der Waals surface area (Å²) < 4.78 is 39.7. The zero-order valence-electron chi connectivity index (χ0n) is 19.8. The molecule has 1 atom stereocenters. The zero-order valence-corrected chi connectivity index (χ0v) is 20.6. The van der Waals surface area contributed by atoms with Crippen LogP contribution in [0.5, 0.6) is 5.75 Å². The van der Waals surface area contributed by atoms with Crippen LogP contribution in [-0.2, 0) is 14.8 Å². The van der Waals surface area contributed by atoms with Gasteiger partial charge in [0, 0.05) is 16.5 Å². The molecular formula is C27H25NO6S. The molecule has 0 saturated carbocycles. The van der Waals surface area contributed by atoms with E-state index in [9.17, 15) is 18.0 Å². The smallest absolute Gasteiger partial charge is 0.339 e. The highest BCUT2D eigenvalue weighted by Gasteiger charge is 2.29. The van der Waals surface area contributed by atoms with Crippen LogP contribution in [0.15, 0.2) is 80.8 Å². The highest BCUT2D eigenvalue weighted by atomic mass is 32.2. The fraction of sp³-hybridized carbons (Fsp3) is 0.185. The van der Waals surface area contributed by atoms with Crippen molar-refractivity contribution in [3.8, 4) is 5.75 Å². The minimum atomic E-state index is -4.03. The Bertz CT molecular complexity index is 1570. The monoisotopic (exact) mass is 491 g/mol. The molecule has 1 heterocycles. The molecule has 35 heavy (non-hydrogen) atoms. The predicted molar refractivity (Wildman–Crippen MR) is 133 cm³/mol. The van der Waals surface area contributed by atoms with E-state index in [4.69, 9.17) is 9.15 Å². The summed E-state index contributed by atoms with van der Waals surface area (Å²) in [7, 11) is -4.03. The number of ether oxygens (including phenoxy) is 1. The molecule has 0 spiro atoms. The van der Waals surface area contributed by atoms with Crippen LogP contribution in [0.2, 0.25) is 0 Å². The van der Waals surface area contributed by atoms with Gasteiger partial charge in [-0.05, 0) is 63.1 Å². The van der Waals surface area contributed by atoms with E-state index in [1.54, 1.807) is 68.4 Å². The van der Waals surface area contributed by atoms with Crippen molar-refractivity contribution in [3.63, 3.8) is 0 Å². The Balaban J connectivity index is 1.71. The Kier molecular flexibility index (Phi) is 6.60. The first-order valence-corrected chi connectivity index (χ1v) is 12.5. The molecule has 0 fully saturated rings. The molecule has 7 nitrogen and oxygen atoms in total. The lowest BCUT2D eigenvalue weighted by molar-refractivity contribution is -0.136. The fourth-order valence-corrected chi connectivity index (χ4v) is 4.91. The summed E-state index contributed by atoms with van der Waals surface area (Å²) in [5.74, 6) is -0.648. The minimum Gasteiger partial charge on any atom is -0.425 e. The third-order valence-electron chi connectivity index (χ3n) is 6.01. The first-order chi connectivity index (χ1) is 16.6. The fourth-order valence-electron chi connectivity index (χ4n) is 3.74. The van der Waals surface area contributed by atoms with Gasteiger partial charge in [0.05, 0.1) is 4.90 Å². The number of aryl methyl sites for hydroxylation is 3. The van der Waals surface area contributed by atoms with Crippen LogP contribution in [0, 0.1) is 27.7 Å². The van der Waals surface area contributed by atoms with E-state index < -0.39 is 27.7 Å². The molecule has 3 aromatic carbocycles. The number of benzene rings is 3. The standard InChI is InChI=1S/C27H25NO6S/c1-16-10-12-21(13-11-16)35(31,32)28-24(20-8-6-5-7-9-20)27(30)33-23-15-14-22-17(2)18(3)26(29)34-25(22)19(23)4/h5-15,24,28H,1-4H3. The van der Waals surface area contributed by atoms with Crippen molar-refractivity contribution in [3.05, 3.63) is 105 Å². The number of fused-ring (bicyclic) bond motifs is 1. The van der Waals surface area contributed by atoms with Gasteiger partial charge in [0.1, 0.15) is 17.4 Å². The van der Waals surface area contributed by atoms with Crippen LogP contribution in [0.4, 0.5) is 0 Å². The van der Waals surface area contributed by atoms with E-state index in [0.717, 1.165) is 16.5 Å². The average Bonchev–Trinajstić information content (AvgIpc) is 2.84. The van der Waals surface area contributed by atoms with E-state index >= 15 is 0 Å². The Morgan fingerprint density at radius 1 is 0.857 bits per heavy atom. The molecule has 0 bridgehead atoms. The molecule has 0 saturated heterocycles. The Hall–Kier alpha value is -3.75. The average molecular weight is 492 g/mol. The van der Waals surface area contributed by atoms with Gasteiger partial charge in [-0.25, -0.2) is 18.0 Å². The van der Waals surface area contributed by atoms with E-state index in [1.165, 1.54) is 12.1 Å². The topological polar surface area (TPSA) is 103 Å². The predicted octanol–water partition coefficient (Wildman–Crippen LogP) is 4.65. The van der Waals surface area contributed by atoms with Crippen molar-refractivity contribution < 1.29 is 22.4 Å². The molecule has 0 aliphatic rings. The second-order valence-electron chi connectivity index (χ2n) is 8.40. The van der Waals surface area contributed by atoms with Crippen molar-refractivity contribution >= 4 is 27.0 Å². The van der Waals surface area contributed by atoms with E-state index in [0.29, 0.717) is 22.3 Å². The second-order valence-corrected chi connectivity index (χ2v) is 10.1. The highest BCUT2D eigenvalue weighted by Crippen LogP contribution is 2.30. The van der Waals surface area contributed by atoms with Gasteiger partial charge >= 0.3 is 11.6 Å². The van der Waals surface area contributed by atoms with Gasteiger partial charge in [-0.2, -0.15) is 4.72 Å². The van der Waals surface area contributed by atoms with Crippen LogP contribution >= 0.6 is 0 Å². The van der Waals surface area contributed by atoms with Gasteiger partial charge in [0.25, 0.3) is 0 Å². The summed E-state index contributed by atoms with van der Waals surface area (Å²) in [4.78, 5) is 25.5. The number of carbonyl (C=O) groups is 1. The van der Waals surface area contributed by atoms with Crippen molar-refractivity contribution in [1.82, 2.24) is 4.72 Å². The molecule has 0 aliphatic heterocycles. The van der Waals surface area contributed by atoms with Crippen molar-refractivity contribution in [2.75, 3.05) is 0 Å². The van der Waals surface area contributed by atoms with E-state index in [2.05, 4.69) is 4.72 Å². The molecular weight excluding hydrogens is 466 g/mol. The summed E-state index contributed by atoms with van der Waals surface area (Å²) in [6, 6.07) is 16.8. The number of hydrogen-bond acceptors (Lipinski definition) is 6. The summed E-state index contributed by atoms with van der Waals surface area (Å²) >= 11 is 0. The maximum absolute atomic E-state index is 13.3. The minimum absolute atomic E-state index is 0.0336. The first kappa shape index (κ1) is 24.4. The number of esters is 1. The summed E-state index contributed by atoms with van der Waals surface area (Å²) in [6.07, 6.45) is 0. The molecule has 4 aromatic rings. The van der Waals surface area contributed by atoms with Gasteiger partial charge in [-0.15, -0.1) is 0 Å². The maximum atomic E-state index is 13.3.